The molecule has 8 heteroatoms. The molecule has 0 saturated carbocycles. The molecule has 1 N–H and O–H groups in total. The van der Waals surface area contributed by atoms with Gasteiger partial charge in [0.2, 0.25) is 0 Å². The minimum Gasteiger partial charge on any atom is -0.507 e. The van der Waals surface area contributed by atoms with Crippen molar-refractivity contribution < 1.29 is 18.3 Å². The first kappa shape index (κ1) is 19.0. The Bertz CT molecular complexity index is 846. The van der Waals surface area contributed by atoms with Gasteiger partial charge in [0.1, 0.15) is 5.75 Å². The van der Waals surface area contributed by atoms with Crippen molar-refractivity contribution >= 4 is 5.82 Å². The molecule has 3 aliphatic rings. The highest BCUT2D eigenvalue weighted by atomic mass is 19.4. The number of aromatic nitrogens is 2. The first-order valence-corrected chi connectivity index (χ1v) is 9.42. The molecule has 5 nitrogen and oxygen atoms in total. The summed E-state index contributed by atoms with van der Waals surface area (Å²) in [4.78, 5) is 4.64. The number of rotatable bonds is 2. The number of nitrogens with zero attached hydrogens (tertiary/aromatic N) is 4. The van der Waals surface area contributed by atoms with Gasteiger partial charge in [-0.1, -0.05) is 0 Å². The van der Waals surface area contributed by atoms with Crippen LogP contribution in [0.3, 0.4) is 0 Å². The van der Waals surface area contributed by atoms with E-state index in [1.807, 2.05) is 6.07 Å². The number of likely N-dealkylation sites (N-methyl/N-ethyl adjacent to an activating group) is 1. The van der Waals surface area contributed by atoms with Crippen LogP contribution >= 0.6 is 0 Å². The average Bonchev–Trinajstić information content (AvgIpc) is 2.90. The smallest absolute Gasteiger partial charge is 0.416 e. The topological polar surface area (TPSA) is 52.5 Å². The number of aryl methyl sites for hydroxylation is 1. The van der Waals surface area contributed by atoms with Crippen molar-refractivity contribution in [1.82, 2.24) is 15.1 Å². The summed E-state index contributed by atoms with van der Waals surface area (Å²) in [6.07, 6.45) is -2.16. The molecule has 4 heterocycles. The Morgan fingerprint density at radius 3 is 2.50 bits per heavy atom. The third-order valence-corrected chi connectivity index (χ3v) is 5.74. The van der Waals surface area contributed by atoms with Gasteiger partial charge in [-0.2, -0.15) is 13.2 Å². The standard InChI is InChI=1S/C20H23F3N4O/c1-12-7-14(20(21,22)23)8-17(28)19(12)16-5-6-18(25-24-16)27-10-13-3-4-15(27)11-26(2)9-13/h5-8,13,15,28H,3-4,9-11H2,1-2H3. The zero-order valence-corrected chi connectivity index (χ0v) is 15.9. The molecule has 2 aromatic rings. The Labute approximate surface area is 161 Å². The van der Waals surface area contributed by atoms with Crippen molar-refractivity contribution in [2.75, 3.05) is 31.6 Å². The predicted octanol–water partition coefficient (Wildman–Crippen LogP) is 3.71. The van der Waals surface area contributed by atoms with Crippen molar-refractivity contribution in [2.24, 2.45) is 5.92 Å². The molecule has 3 aliphatic heterocycles. The third-order valence-electron chi connectivity index (χ3n) is 5.74. The fraction of sp³-hybridized carbons (Fsp3) is 0.500. The summed E-state index contributed by atoms with van der Waals surface area (Å²) in [5.41, 5.74) is 0.0825. The van der Waals surface area contributed by atoms with E-state index in [1.54, 1.807) is 6.07 Å². The highest BCUT2D eigenvalue weighted by Gasteiger charge is 2.35. The SMILES string of the molecule is Cc1cc(C(F)(F)F)cc(O)c1-c1ccc(N2CC3CCC2CN(C)C3)nn1. The van der Waals surface area contributed by atoms with Crippen LogP contribution in [0.5, 0.6) is 5.75 Å². The second-order valence-electron chi connectivity index (χ2n) is 7.93. The van der Waals surface area contributed by atoms with Crippen LogP contribution in [0.25, 0.3) is 11.3 Å². The van der Waals surface area contributed by atoms with Gasteiger partial charge in [-0.05, 0) is 62.6 Å². The molecular formula is C20H23F3N4O. The Morgan fingerprint density at radius 2 is 1.86 bits per heavy atom. The minimum atomic E-state index is -4.50. The molecular weight excluding hydrogens is 369 g/mol. The highest BCUT2D eigenvalue weighted by Crippen LogP contribution is 2.38. The van der Waals surface area contributed by atoms with E-state index in [4.69, 9.17) is 0 Å². The number of halogens is 3. The van der Waals surface area contributed by atoms with Gasteiger partial charge in [0.05, 0.1) is 11.3 Å². The van der Waals surface area contributed by atoms with Gasteiger partial charge in [-0.15, -0.1) is 10.2 Å². The fourth-order valence-electron chi connectivity index (χ4n) is 4.47. The number of piperidine rings is 1. The van der Waals surface area contributed by atoms with Gasteiger partial charge in [0.25, 0.3) is 0 Å². The molecule has 3 fully saturated rings. The van der Waals surface area contributed by atoms with Gasteiger partial charge in [-0.3, -0.25) is 0 Å². The van der Waals surface area contributed by atoms with E-state index in [1.165, 1.54) is 13.3 Å². The van der Waals surface area contributed by atoms with Crippen LogP contribution in [0.4, 0.5) is 19.0 Å². The van der Waals surface area contributed by atoms with E-state index in [-0.39, 0.29) is 5.56 Å². The van der Waals surface area contributed by atoms with Gasteiger partial charge in [0.15, 0.2) is 5.82 Å². The molecule has 0 spiro atoms. The summed E-state index contributed by atoms with van der Waals surface area (Å²) >= 11 is 0. The zero-order valence-electron chi connectivity index (χ0n) is 15.9. The van der Waals surface area contributed by atoms with Crippen LogP contribution in [-0.4, -0.2) is 52.9 Å². The Hall–Kier alpha value is -2.35. The van der Waals surface area contributed by atoms with Crippen molar-refractivity contribution in [2.45, 2.75) is 32.0 Å². The van der Waals surface area contributed by atoms with Crippen molar-refractivity contribution in [3.63, 3.8) is 0 Å². The molecule has 1 aromatic carbocycles. The Morgan fingerprint density at radius 1 is 1.07 bits per heavy atom. The van der Waals surface area contributed by atoms with E-state index in [0.29, 0.717) is 23.2 Å². The van der Waals surface area contributed by atoms with Gasteiger partial charge < -0.3 is 14.9 Å². The Balaban J connectivity index is 1.62. The first-order chi connectivity index (χ1) is 13.2. The van der Waals surface area contributed by atoms with Gasteiger partial charge in [-0.25, -0.2) is 0 Å². The molecule has 28 heavy (non-hydrogen) atoms. The number of hydrogen-bond donors (Lipinski definition) is 1. The maximum atomic E-state index is 12.9. The third kappa shape index (κ3) is 3.53. The number of benzene rings is 1. The molecule has 2 bridgehead atoms. The number of phenolic OH excluding ortho intramolecular Hbond substituents is 1. The largest absolute Gasteiger partial charge is 0.507 e. The summed E-state index contributed by atoms with van der Waals surface area (Å²) in [5.74, 6) is 0.939. The average molecular weight is 392 g/mol. The van der Waals surface area contributed by atoms with E-state index in [2.05, 4.69) is 27.0 Å². The maximum absolute atomic E-state index is 12.9. The molecule has 2 unspecified atom stereocenters. The van der Waals surface area contributed by atoms with Crippen LogP contribution in [0, 0.1) is 12.8 Å². The second-order valence-corrected chi connectivity index (χ2v) is 7.93. The maximum Gasteiger partial charge on any atom is 0.416 e. The summed E-state index contributed by atoms with van der Waals surface area (Å²) in [6, 6.07) is 5.72. The normalized spacial score (nSPS) is 23.1. The zero-order chi connectivity index (χ0) is 20.1. The predicted molar refractivity (Wildman–Crippen MR) is 100 cm³/mol. The van der Waals surface area contributed by atoms with Crippen LogP contribution in [0.2, 0.25) is 0 Å². The first-order valence-electron chi connectivity index (χ1n) is 9.42. The summed E-state index contributed by atoms with van der Waals surface area (Å²) in [5, 5.41) is 18.7. The van der Waals surface area contributed by atoms with Gasteiger partial charge in [0, 0.05) is 31.2 Å². The summed E-state index contributed by atoms with van der Waals surface area (Å²) < 4.78 is 38.8. The lowest BCUT2D eigenvalue weighted by Gasteiger charge is -2.36. The second kappa shape index (κ2) is 6.92. The van der Waals surface area contributed by atoms with Crippen molar-refractivity contribution in [1.29, 1.82) is 0 Å². The molecule has 2 atom stereocenters. The number of phenols is 1. The van der Waals surface area contributed by atoms with Crippen LogP contribution < -0.4 is 4.90 Å². The van der Waals surface area contributed by atoms with E-state index in [9.17, 15) is 18.3 Å². The van der Waals surface area contributed by atoms with E-state index < -0.39 is 17.5 Å². The lowest BCUT2D eigenvalue weighted by molar-refractivity contribution is -0.137. The van der Waals surface area contributed by atoms with Crippen LogP contribution in [0.1, 0.15) is 24.0 Å². The highest BCUT2D eigenvalue weighted by molar-refractivity contribution is 5.71. The van der Waals surface area contributed by atoms with Crippen LogP contribution in [0.15, 0.2) is 24.3 Å². The summed E-state index contributed by atoms with van der Waals surface area (Å²) in [6.45, 7) is 4.53. The molecule has 0 amide bonds. The van der Waals surface area contributed by atoms with E-state index in [0.717, 1.165) is 44.0 Å². The number of anilines is 1. The molecule has 5 rings (SSSR count). The van der Waals surface area contributed by atoms with Gasteiger partial charge >= 0.3 is 6.18 Å². The van der Waals surface area contributed by atoms with Crippen LogP contribution in [-0.2, 0) is 6.18 Å². The minimum absolute atomic E-state index is 0.282. The number of aromatic hydroxyl groups is 1. The molecule has 0 aliphatic carbocycles. The quantitative estimate of drug-likeness (QED) is 0.845. The monoisotopic (exact) mass is 392 g/mol. The number of alkyl halides is 3. The molecule has 3 saturated heterocycles. The molecule has 0 radical (unpaired) electrons. The van der Waals surface area contributed by atoms with Crippen molar-refractivity contribution in [3.05, 3.63) is 35.4 Å². The molecule has 150 valence electrons. The van der Waals surface area contributed by atoms with Crippen molar-refractivity contribution in [3.8, 4) is 17.0 Å². The fourth-order valence-corrected chi connectivity index (χ4v) is 4.47. The Kier molecular flexibility index (Phi) is 4.69. The molecule has 1 aromatic heterocycles. The lowest BCUT2D eigenvalue weighted by Crippen LogP contribution is -2.44. The lowest BCUT2D eigenvalue weighted by atomic mass is 9.95. The number of hydrogen-bond acceptors (Lipinski definition) is 5. The number of fused-ring (bicyclic) bond motifs is 4. The van der Waals surface area contributed by atoms with E-state index >= 15 is 0 Å². The summed E-state index contributed by atoms with van der Waals surface area (Å²) in [7, 11) is 2.14.